The molecular formula is C19H28N2O3. The molecule has 1 saturated heterocycles. The van der Waals surface area contributed by atoms with Gasteiger partial charge in [-0.25, -0.2) is 0 Å². The predicted molar refractivity (Wildman–Crippen MR) is 92.6 cm³/mol. The van der Waals surface area contributed by atoms with Crippen molar-refractivity contribution in [3.8, 4) is 0 Å². The lowest BCUT2D eigenvalue weighted by atomic mass is 9.98. The second kappa shape index (κ2) is 7.64. The minimum atomic E-state index is -0.418. The van der Waals surface area contributed by atoms with Crippen LogP contribution in [0, 0.1) is 0 Å². The maximum Gasteiger partial charge on any atom is 0.323 e. The summed E-state index contributed by atoms with van der Waals surface area (Å²) in [5, 5.41) is 10.6. The molecule has 2 aliphatic rings. The SMILES string of the molecule is CCOC(=O)C(CC)N1C[C@@H](O)[C@H](N2CCc3ccccc3C2)C1. The Bertz CT molecular complexity index is 577. The molecule has 24 heavy (non-hydrogen) atoms. The number of hydrogen-bond acceptors (Lipinski definition) is 5. The first-order chi connectivity index (χ1) is 11.6. The lowest BCUT2D eigenvalue weighted by Gasteiger charge is -2.35. The Balaban J connectivity index is 1.67. The van der Waals surface area contributed by atoms with Gasteiger partial charge in [0, 0.05) is 32.2 Å². The van der Waals surface area contributed by atoms with E-state index < -0.39 is 6.10 Å². The highest BCUT2D eigenvalue weighted by Crippen LogP contribution is 2.26. The first-order valence-electron chi connectivity index (χ1n) is 9.03. The zero-order chi connectivity index (χ0) is 17.1. The molecule has 1 aromatic carbocycles. The number of aliphatic hydroxyl groups excluding tert-OH is 1. The van der Waals surface area contributed by atoms with Gasteiger partial charge in [0.2, 0.25) is 0 Å². The number of ether oxygens (including phenoxy) is 1. The average Bonchev–Trinajstić information content (AvgIpc) is 2.97. The van der Waals surface area contributed by atoms with Gasteiger partial charge in [0.05, 0.1) is 12.7 Å². The van der Waals surface area contributed by atoms with Gasteiger partial charge in [0.1, 0.15) is 6.04 Å². The highest BCUT2D eigenvalue weighted by Gasteiger charge is 2.40. The minimum absolute atomic E-state index is 0.0850. The molecule has 1 N–H and O–H groups in total. The summed E-state index contributed by atoms with van der Waals surface area (Å²) in [6.07, 6.45) is 1.31. The van der Waals surface area contributed by atoms with Crippen LogP contribution in [-0.2, 0) is 22.5 Å². The van der Waals surface area contributed by atoms with Gasteiger partial charge in [-0.1, -0.05) is 31.2 Å². The summed E-state index contributed by atoms with van der Waals surface area (Å²) in [5.74, 6) is -0.170. The van der Waals surface area contributed by atoms with Crippen LogP contribution >= 0.6 is 0 Å². The third kappa shape index (κ3) is 3.48. The molecule has 3 rings (SSSR count). The van der Waals surface area contributed by atoms with Crippen LogP contribution in [-0.4, -0.2) is 65.3 Å². The Labute approximate surface area is 144 Å². The van der Waals surface area contributed by atoms with Crippen molar-refractivity contribution in [2.45, 2.75) is 51.4 Å². The normalized spacial score (nSPS) is 26.1. The number of carbonyl (C=O) groups is 1. The highest BCUT2D eigenvalue weighted by molar-refractivity contribution is 5.75. The quantitative estimate of drug-likeness (QED) is 0.827. The Morgan fingerprint density at radius 3 is 2.75 bits per heavy atom. The van der Waals surface area contributed by atoms with Gasteiger partial charge in [-0.2, -0.15) is 0 Å². The van der Waals surface area contributed by atoms with Crippen molar-refractivity contribution in [2.75, 3.05) is 26.2 Å². The topological polar surface area (TPSA) is 53.0 Å². The Hall–Kier alpha value is -1.43. The van der Waals surface area contributed by atoms with Crippen molar-refractivity contribution in [3.63, 3.8) is 0 Å². The number of benzene rings is 1. The van der Waals surface area contributed by atoms with Crippen molar-refractivity contribution >= 4 is 5.97 Å². The fourth-order valence-electron chi connectivity index (χ4n) is 4.02. The summed E-state index contributed by atoms with van der Waals surface area (Å²) in [6.45, 7) is 7.33. The number of esters is 1. The van der Waals surface area contributed by atoms with E-state index in [9.17, 15) is 9.90 Å². The molecule has 2 heterocycles. The number of β-amino-alcohol motifs (C(OH)–C–C–N with tert-alkyl or cyclic N) is 1. The van der Waals surface area contributed by atoms with E-state index in [1.54, 1.807) is 0 Å². The molecule has 0 spiro atoms. The van der Waals surface area contributed by atoms with Gasteiger partial charge >= 0.3 is 5.97 Å². The smallest absolute Gasteiger partial charge is 0.323 e. The van der Waals surface area contributed by atoms with Gasteiger partial charge in [-0.05, 0) is 30.9 Å². The molecule has 1 unspecified atom stereocenters. The first-order valence-corrected chi connectivity index (χ1v) is 9.03. The van der Waals surface area contributed by atoms with E-state index in [2.05, 4.69) is 34.1 Å². The van der Waals surface area contributed by atoms with Gasteiger partial charge in [0.15, 0.2) is 0 Å². The molecule has 5 heteroatoms. The molecular weight excluding hydrogens is 304 g/mol. The number of likely N-dealkylation sites (tertiary alicyclic amines) is 1. The van der Waals surface area contributed by atoms with Gasteiger partial charge in [-0.3, -0.25) is 14.6 Å². The Morgan fingerprint density at radius 1 is 1.29 bits per heavy atom. The fourth-order valence-corrected chi connectivity index (χ4v) is 4.02. The molecule has 0 aliphatic carbocycles. The van der Waals surface area contributed by atoms with E-state index in [1.807, 2.05) is 13.8 Å². The number of fused-ring (bicyclic) bond motifs is 1. The molecule has 132 valence electrons. The number of carbonyl (C=O) groups excluding carboxylic acids is 1. The van der Waals surface area contributed by atoms with E-state index in [1.165, 1.54) is 11.1 Å². The van der Waals surface area contributed by atoms with E-state index in [0.717, 1.165) is 26.1 Å². The zero-order valence-electron chi connectivity index (χ0n) is 14.6. The van der Waals surface area contributed by atoms with Crippen molar-refractivity contribution in [2.24, 2.45) is 0 Å². The second-order valence-electron chi connectivity index (χ2n) is 6.75. The summed E-state index contributed by atoms with van der Waals surface area (Å²) in [4.78, 5) is 16.6. The predicted octanol–water partition coefficient (Wildman–Crippen LogP) is 1.43. The molecule has 0 radical (unpaired) electrons. The van der Waals surface area contributed by atoms with Crippen molar-refractivity contribution < 1.29 is 14.6 Å². The van der Waals surface area contributed by atoms with Crippen molar-refractivity contribution in [1.82, 2.24) is 9.80 Å². The summed E-state index contributed by atoms with van der Waals surface area (Å²) < 4.78 is 5.19. The molecule has 3 atom stereocenters. The van der Waals surface area contributed by atoms with Crippen LogP contribution in [0.5, 0.6) is 0 Å². The zero-order valence-corrected chi connectivity index (χ0v) is 14.6. The van der Waals surface area contributed by atoms with E-state index in [0.29, 0.717) is 19.6 Å². The van der Waals surface area contributed by atoms with Crippen LogP contribution in [0.1, 0.15) is 31.4 Å². The summed E-state index contributed by atoms with van der Waals surface area (Å²) in [5.41, 5.74) is 2.77. The van der Waals surface area contributed by atoms with Crippen LogP contribution in [0.15, 0.2) is 24.3 Å². The Kier molecular flexibility index (Phi) is 5.54. The third-order valence-electron chi connectivity index (χ3n) is 5.30. The molecule has 0 bridgehead atoms. The fraction of sp³-hybridized carbons (Fsp3) is 0.632. The summed E-state index contributed by atoms with van der Waals surface area (Å²) in [7, 11) is 0. The summed E-state index contributed by atoms with van der Waals surface area (Å²) in [6, 6.07) is 8.37. The second-order valence-corrected chi connectivity index (χ2v) is 6.75. The van der Waals surface area contributed by atoms with Gasteiger partial charge in [0.25, 0.3) is 0 Å². The van der Waals surface area contributed by atoms with Gasteiger partial charge < -0.3 is 9.84 Å². The third-order valence-corrected chi connectivity index (χ3v) is 5.30. The van der Waals surface area contributed by atoms with Crippen molar-refractivity contribution in [3.05, 3.63) is 35.4 Å². The van der Waals surface area contributed by atoms with Crippen LogP contribution in [0.3, 0.4) is 0 Å². The number of aliphatic hydroxyl groups is 1. The Morgan fingerprint density at radius 2 is 2.04 bits per heavy atom. The van der Waals surface area contributed by atoms with Crippen LogP contribution < -0.4 is 0 Å². The van der Waals surface area contributed by atoms with E-state index in [-0.39, 0.29) is 18.1 Å². The van der Waals surface area contributed by atoms with Gasteiger partial charge in [-0.15, -0.1) is 0 Å². The van der Waals surface area contributed by atoms with E-state index >= 15 is 0 Å². The molecule has 1 aromatic rings. The first kappa shape index (κ1) is 17.4. The van der Waals surface area contributed by atoms with Crippen molar-refractivity contribution in [1.29, 1.82) is 0 Å². The number of nitrogens with zero attached hydrogens (tertiary/aromatic N) is 2. The maximum absolute atomic E-state index is 12.2. The minimum Gasteiger partial charge on any atom is -0.465 e. The molecule has 0 saturated carbocycles. The van der Waals surface area contributed by atoms with Crippen LogP contribution in [0.25, 0.3) is 0 Å². The largest absolute Gasteiger partial charge is 0.465 e. The van der Waals surface area contributed by atoms with E-state index in [4.69, 9.17) is 4.74 Å². The average molecular weight is 332 g/mol. The number of rotatable bonds is 5. The molecule has 0 aromatic heterocycles. The molecule has 5 nitrogen and oxygen atoms in total. The van der Waals surface area contributed by atoms with Crippen LogP contribution in [0.4, 0.5) is 0 Å². The lowest BCUT2D eigenvalue weighted by Crippen LogP contribution is -2.46. The lowest BCUT2D eigenvalue weighted by molar-refractivity contribution is -0.149. The molecule has 2 aliphatic heterocycles. The monoisotopic (exact) mass is 332 g/mol. The maximum atomic E-state index is 12.2. The molecule has 1 fully saturated rings. The summed E-state index contributed by atoms with van der Waals surface area (Å²) >= 11 is 0. The number of hydrogen-bond donors (Lipinski definition) is 1. The standard InChI is InChI=1S/C19H28N2O3/c1-3-16(19(23)24-4-2)21-12-17(18(22)13-21)20-10-9-14-7-5-6-8-15(14)11-20/h5-8,16-18,22H,3-4,9-13H2,1-2H3/t16?,17-,18-/m1/s1. The highest BCUT2D eigenvalue weighted by atomic mass is 16.5. The van der Waals surface area contributed by atoms with Crippen LogP contribution in [0.2, 0.25) is 0 Å². The molecule has 0 amide bonds.